The van der Waals surface area contributed by atoms with Crippen molar-refractivity contribution in [3.63, 3.8) is 0 Å². The number of ether oxygens (including phenoxy) is 5. The van der Waals surface area contributed by atoms with Crippen LogP contribution >= 0.6 is 0 Å². The third-order valence-electron chi connectivity index (χ3n) is 4.53. The highest BCUT2D eigenvalue weighted by Gasteiger charge is 2.31. The largest absolute Gasteiger partial charge is 0.394 e. The van der Waals surface area contributed by atoms with Crippen molar-refractivity contribution in [3.05, 3.63) is 0 Å². The van der Waals surface area contributed by atoms with Gasteiger partial charge in [0.2, 0.25) is 0 Å². The summed E-state index contributed by atoms with van der Waals surface area (Å²) in [4.78, 5) is 0. The van der Waals surface area contributed by atoms with Crippen molar-refractivity contribution in [2.75, 3.05) is 92.5 Å². The molecule has 11 nitrogen and oxygen atoms in total. The molecule has 0 aliphatic rings. The lowest BCUT2D eigenvalue weighted by molar-refractivity contribution is -0.126. The van der Waals surface area contributed by atoms with Crippen molar-refractivity contribution in [2.45, 2.75) is 36.9 Å². The molecular weight excluding hydrogens is 416 g/mol. The van der Waals surface area contributed by atoms with Gasteiger partial charge in [-0.15, -0.1) is 0 Å². The average Bonchev–Trinajstić information content (AvgIpc) is 2.75. The topological polar surface area (TPSA) is 168 Å². The molecule has 0 aliphatic carbocycles. The Morgan fingerprint density at radius 1 is 0.387 bits per heavy atom. The van der Waals surface area contributed by atoms with Crippen LogP contribution in [0, 0.1) is 0 Å². The SMILES string of the molecule is OCCOCCC(O)(CCOCCO)COCC(O)(CCOCCO)CCOCCO. The number of rotatable bonds is 24. The molecule has 0 amide bonds. The van der Waals surface area contributed by atoms with Gasteiger partial charge in [-0.05, 0) is 0 Å². The quantitative estimate of drug-likeness (QED) is 0.0891. The molecule has 0 rings (SSSR count). The summed E-state index contributed by atoms with van der Waals surface area (Å²) in [6.45, 7) is 0.932. The van der Waals surface area contributed by atoms with Gasteiger partial charge in [0, 0.05) is 52.1 Å². The van der Waals surface area contributed by atoms with Gasteiger partial charge < -0.3 is 54.3 Å². The molecule has 0 bridgehead atoms. The molecule has 0 heterocycles. The predicted molar refractivity (Wildman–Crippen MR) is 111 cm³/mol. The van der Waals surface area contributed by atoms with Crippen molar-refractivity contribution in [1.29, 1.82) is 0 Å². The minimum Gasteiger partial charge on any atom is -0.394 e. The highest BCUT2D eigenvalue weighted by atomic mass is 16.5. The lowest BCUT2D eigenvalue weighted by atomic mass is 9.95. The highest BCUT2D eigenvalue weighted by molar-refractivity contribution is 4.82. The summed E-state index contributed by atoms with van der Waals surface area (Å²) in [5, 5.41) is 57.0. The van der Waals surface area contributed by atoms with Crippen LogP contribution in [0.2, 0.25) is 0 Å². The van der Waals surface area contributed by atoms with E-state index < -0.39 is 11.2 Å². The van der Waals surface area contributed by atoms with Crippen LogP contribution in [-0.4, -0.2) is 134 Å². The molecule has 0 saturated heterocycles. The molecule has 0 aromatic rings. The van der Waals surface area contributed by atoms with Gasteiger partial charge in [-0.25, -0.2) is 0 Å². The van der Waals surface area contributed by atoms with E-state index in [4.69, 9.17) is 44.1 Å². The fourth-order valence-corrected chi connectivity index (χ4v) is 2.68. The van der Waals surface area contributed by atoms with E-state index in [1.165, 1.54) is 0 Å². The zero-order chi connectivity index (χ0) is 23.3. The van der Waals surface area contributed by atoms with E-state index in [1.807, 2.05) is 0 Å². The van der Waals surface area contributed by atoms with Gasteiger partial charge in [0.1, 0.15) is 0 Å². The van der Waals surface area contributed by atoms with Crippen LogP contribution in [0.25, 0.3) is 0 Å². The molecule has 6 N–H and O–H groups in total. The summed E-state index contributed by atoms with van der Waals surface area (Å²) < 4.78 is 26.6. The smallest absolute Gasteiger partial charge is 0.0923 e. The summed E-state index contributed by atoms with van der Waals surface area (Å²) in [6, 6.07) is 0. The second-order valence-electron chi connectivity index (χ2n) is 7.29. The molecule has 188 valence electrons. The van der Waals surface area contributed by atoms with Crippen LogP contribution in [0.5, 0.6) is 0 Å². The zero-order valence-corrected chi connectivity index (χ0v) is 18.5. The molecule has 0 aliphatic heterocycles. The van der Waals surface area contributed by atoms with Gasteiger partial charge >= 0.3 is 0 Å². The van der Waals surface area contributed by atoms with Crippen molar-refractivity contribution in [1.82, 2.24) is 0 Å². The highest BCUT2D eigenvalue weighted by Crippen LogP contribution is 2.21. The van der Waals surface area contributed by atoms with Crippen LogP contribution in [0.3, 0.4) is 0 Å². The molecule has 31 heavy (non-hydrogen) atoms. The normalized spacial score (nSPS) is 12.6. The zero-order valence-electron chi connectivity index (χ0n) is 18.5. The van der Waals surface area contributed by atoms with Crippen LogP contribution in [-0.2, 0) is 23.7 Å². The molecule has 0 aromatic carbocycles. The Hall–Kier alpha value is -0.440. The fourth-order valence-electron chi connectivity index (χ4n) is 2.68. The first-order valence-electron chi connectivity index (χ1n) is 10.7. The summed E-state index contributed by atoms with van der Waals surface area (Å²) in [5.41, 5.74) is -2.54. The Bertz CT molecular complexity index is 326. The van der Waals surface area contributed by atoms with Crippen molar-refractivity contribution in [3.8, 4) is 0 Å². The van der Waals surface area contributed by atoms with E-state index in [0.717, 1.165) is 0 Å². The monoisotopic (exact) mass is 458 g/mol. The third-order valence-corrected chi connectivity index (χ3v) is 4.53. The van der Waals surface area contributed by atoms with E-state index in [0.29, 0.717) is 0 Å². The summed E-state index contributed by atoms with van der Waals surface area (Å²) in [6.07, 6.45) is 0.973. The lowest BCUT2D eigenvalue weighted by Crippen LogP contribution is -2.42. The van der Waals surface area contributed by atoms with E-state index in [-0.39, 0.29) is 118 Å². The lowest BCUT2D eigenvalue weighted by Gasteiger charge is -2.32. The van der Waals surface area contributed by atoms with Crippen molar-refractivity contribution >= 4 is 0 Å². The second-order valence-corrected chi connectivity index (χ2v) is 7.29. The van der Waals surface area contributed by atoms with Crippen LogP contribution < -0.4 is 0 Å². The summed E-state index contributed by atoms with van der Waals surface area (Å²) in [7, 11) is 0. The van der Waals surface area contributed by atoms with Gasteiger partial charge in [0.05, 0.1) is 77.3 Å². The molecule has 0 unspecified atom stereocenters. The van der Waals surface area contributed by atoms with Gasteiger partial charge in [-0.1, -0.05) is 0 Å². The predicted octanol–water partition coefficient (Wildman–Crippen LogP) is -1.94. The van der Waals surface area contributed by atoms with E-state index in [1.54, 1.807) is 0 Å². The van der Waals surface area contributed by atoms with Crippen LogP contribution in [0.4, 0.5) is 0 Å². The first kappa shape index (κ1) is 30.6. The van der Waals surface area contributed by atoms with Crippen LogP contribution in [0.1, 0.15) is 25.7 Å². The van der Waals surface area contributed by atoms with Gasteiger partial charge in [0.25, 0.3) is 0 Å². The molecule has 0 atom stereocenters. The Balaban J connectivity index is 4.69. The van der Waals surface area contributed by atoms with Crippen molar-refractivity contribution < 1.29 is 54.3 Å². The maximum atomic E-state index is 10.9. The Morgan fingerprint density at radius 3 is 0.871 bits per heavy atom. The van der Waals surface area contributed by atoms with E-state index in [2.05, 4.69) is 0 Å². The number of hydrogen-bond donors (Lipinski definition) is 6. The fraction of sp³-hybridized carbons (Fsp3) is 1.00. The van der Waals surface area contributed by atoms with E-state index in [9.17, 15) is 10.2 Å². The molecule has 0 fully saturated rings. The second kappa shape index (κ2) is 20.2. The third kappa shape index (κ3) is 17.8. The maximum Gasteiger partial charge on any atom is 0.0923 e. The van der Waals surface area contributed by atoms with Gasteiger partial charge in [-0.2, -0.15) is 0 Å². The summed E-state index contributed by atoms with van der Waals surface area (Å²) >= 11 is 0. The van der Waals surface area contributed by atoms with Gasteiger partial charge in [0.15, 0.2) is 0 Å². The number of aliphatic hydroxyl groups is 6. The first-order valence-corrected chi connectivity index (χ1v) is 10.7. The Morgan fingerprint density at radius 2 is 0.645 bits per heavy atom. The average molecular weight is 459 g/mol. The number of aliphatic hydroxyl groups excluding tert-OH is 4. The minimum absolute atomic E-state index is 0.0741. The van der Waals surface area contributed by atoms with Crippen molar-refractivity contribution in [2.24, 2.45) is 0 Å². The number of hydrogen-bond acceptors (Lipinski definition) is 11. The Labute approximate surface area is 184 Å². The molecule has 0 spiro atoms. The standard InChI is InChI=1S/C20H42O11/c21-5-13-27-9-1-19(25,2-10-28-14-6-22)17-31-18-20(26,3-11-29-15-7-23)4-12-30-16-8-24/h21-26H,1-18H2. The van der Waals surface area contributed by atoms with Gasteiger partial charge in [-0.3, -0.25) is 0 Å². The molecule has 11 heteroatoms. The maximum absolute atomic E-state index is 10.9. The molecule has 0 saturated carbocycles. The molecule has 0 aromatic heterocycles. The molecule has 0 radical (unpaired) electrons. The van der Waals surface area contributed by atoms with E-state index >= 15 is 0 Å². The Kier molecular flexibility index (Phi) is 19.9. The first-order chi connectivity index (χ1) is 14.9. The molecular formula is C20H42O11. The minimum atomic E-state index is -1.27. The summed E-state index contributed by atoms with van der Waals surface area (Å²) in [5.74, 6) is 0. The van der Waals surface area contributed by atoms with Crippen LogP contribution in [0.15, 0.2) is 0 Å².